The molecule has 30 heavy (non-hydrogen) atoms. The average molecular weight is 408 g/mol. The normalized spacial score (nSPS) is 18.2. The summed E-state index contributed by atoms with van der Waals surface area (Å²) in [6.45, 7) is 2.48. The number of halogens is 2. The summed E-state index contributed by atoms with van der Waals surface area (Å²) in [6, 6.07) is 8.50. The molecule has 4 aromatic rings. The first kappa shape index (κ1) is 18.4. The van der Waals surface area contributed by atoms with Gasteiger partial charge in [0.25, 0.3) is 5.56 Å². The summed E-state index contributed by atoms with van der Waals surface area (Å²) in [5.74, 6) is -0.629. The molecule has 1 N–H and O–H groups in total. The highest BCUT2D eigenvalue weighted by Gasteiger charge is 2.41. The van der Waals surface area contributed by atoms with Crippen LogP contribution in [0.5, 0.6) is 0 Å². The predicted octanol–water partition coefficient (Wildman–Crippen LogP) is 3.04. The quantitative estimate of drug-likeness (QED) is 0.564. The molecule has 2 aromatic carbocycles. The molecule has 2 aromatic heterocycles. The van der Waals surface area contributed by atoms with Crippen LogP contribution in [-0.4, -0.2) is 31.5 Å². The Labute approximate surface area is 170 Å². The Morgan fingerprint density at radius 1 is 1.13 bits per heavy atom. The van der Waals surface area contributed by atoms with E-state index in [4.69, 9.17) is 0 Å². The van der Waals surface area contributed by atoms with Crippen LogP contribution in [0.1, 0.15) is 36.0 Å². The maximum Gasteiger partial charge on any atom is 0.272 e. The number of nitrogens with one attached hydrogen (secondary N) is 1. The molecule has 0 saturated carbocycles. The van der Waals surface area contributed by atoms with Crippen molar-refractivity contribution >= 4 is 16.5 Å². The second-order valence-corrected chi connectivity index (χ2v) is 7.29. The van der Waals surface area contributed by atoms with Gasteiger partial charge in [-0.15, -0.1) is 0 Å². The summed E-state index contributed by atoms with van der Waals surface area (Å²) < 4.78 is 29.8. The first-order chi connectivity index (χ1) is 14.5. The van der Waals surface area contributed by atoms with Gasteiger partial charge >= 0.3 is 0 Å². The van der Waals surface area contributed by atoms with Gasteiger partial charge in [0.2, 0.25) is 0 Å². The molecule has 9 heteroatoms. The molecular weight excluding hydrogens is 390 g/mol. The summed E-state index contributed by atoms with van der Waals surface area (Å²) in [6.07, 6.45) is 1.45. The minimum absolute atomic E-state index is 0.234. The van der Waals surface area contributed by atoms with E-state index in [0.29, 0.717) is 29.1 Å². The third-order valence-electron chi connectivity index (χ3n) is 5.69. The fourth-order valence-corrected chi connectivity index (χ4v) is 4.45. The largest absolute Gasteiger partial charge is 0.363 e. The third kappa shape index (κ3) is 2.62. The lowest BCUT2D eigenvalue weighted by Crippen LogP contribution is -2.39. The van der Waals surface area contributed by atoms with Crippen molar-refractivity contribution in [1.29, 1.82) is 0 Å². The molecule has 0 spiro atoms. The fourth-order valence-electron chi connectivity index (χ4n) is 4.45. The minimum Gasteiger partial charge on any atom is -0.363 e. The zero-order valence-electron chi connectivity index (χ0n) is 16.3. The Bertz CT molecular complexity index is 1310. The molecule has 7 nitrogen and oxygen atoms in total. The maximum absolute atomic E-state index is 14.5. The number of rotatable bonds is 3. The first-order valence-corrected chi connectivity index (χ1v) is 9.57. The van der Waals surface area contributed by atoms with E-state index < -0.39 is 17.3 Å². The molecule has 0 fully saturated rings. The third-order valence-corrected chi connectivity index (χ3v) is 5.69. The maximum atomic E-state index is 14.5. The molecule has 0 aliphatic carbocycles. The van der Waals surface area contributed by atoms with Crippen LogP contribution in [0.15, 0.2) is 47.5 Å². The number of anilines is 1. The van der Waals surface area contributed by atoms with Crippen molar-refractivity contribution in [3.05, 3.63) is 81.8 Å². The van der Waals surface area contributed by atoms with Gasteiger partial charge in [-0.25, -0.2) is 18.9 Å². The molecular formula is C21H18F2N6O. The SMILES string of the molecule is CCN1c2cc(F)cc3c(=O)[nH]nc(c23)[C@H](c2ncnn2C)[C@H]1c1ccc(F)cc1. The minimum atomic E-state index is -0.506. The zero-order valence-corrected chi connectivity index (χ0v) is 16.3. The number of aromatic amines is 1. The summed E-state index contributed by atoms with van der Waals surface area (Å²) in [7, 11) is 1.78. The van der Waals surface area contributed by atoms with E-state index in [2.05, 4.69) is 20.3 Å². The van der Waals surface area contributed by atoms with Crippen LogP contribution in [0, 0.1) is 11.6 Å². The van der Waals surface area contributed by atoms with Crippen molar-refractivity contribution in [2.75, 3.05) is 11.4 Å². The standard InChI is InChI=1S/C21H18F2N6O/c1-3-29-15-9-13(23)8-14-16(15)18(26-27-21(14)30)17(20-24-10-25-28(20)2)19(29)11-4-6-12(22)7-5-11/h4-10,17,19H,3H2,1-2H3,(H,27,30)/t17-,19+/m0/s1. The number of H-pyrrole nitrogens is 1. The predicted molar refractivity (Wildman–Crippen MR) is 107 cm³/mol. The number of benzene rings is 2. The topological polar surface area (TPSA) is 79.7 Å². The lowest BCUT2D eigenvalue weighted by atomic mass is 9.82. The highest BCUT2D eigenvalue weighted by atomic mass is 19.1. The number of aryl methyl sites for hydroxylation is 1. The van der Waals surface area contributed by atoms with Gasteiger partial charge in [-0.2, -0.15) is 10.2 Å². The van der Waals surface area contributed by atoms with Gasteiger partial charge < -0.3 is 4.90 Å². The molecule has 5 rings (SSSR count). The highest BCUT2D eigenvalue weighted by Crippen LogP contribution is 2.49. The molecule has 3 heterocycles. The van der Waals surface area contributed by atoms with Crippen LogP contribution in [0.4, 0.5) is 14.5 Å². The Kier molecular flexibility index (Phi) is 4.12. The van der Waals surface area contributed by atoms with Crippen LogP contribution in [0.2, 0.25) is 0 Å². The molecule has 1 aliphatic heterocycles. The molecule has 2 atom stereocenters. The monoisotopic (exact) mass is 408 g/mol. The van der Waals surface area contributed by atoms with Gasteiger partial charge in [0.05, 0.1) is 28.7 Å². The average Bonchev–Trinajstić information content (AvgIpc) is 3.15. The van der Waals surface area contributed by atoms with Gasteiger partial charge in [-0.05, 0) is 36.8 Å². The molecule has 0 radical (unpaired) electrons. The second-order valence-electron chi connectivity index (χ2n) is 7.29. The van der Waals surface area contributed by atoms with Gasteiger partial charge in [-0.3, -0.25) is 9.48 Å². The number of nitrogens with zero attached hydrogens (tertiary/aromatic N) is 5. The second kappa shape index (κ2) is 6.72. The van der Waals surface area contributed by atoms with E-state index in [1.807, 2.05) is 11.8 Å². The van der Waals surface area contributed by atoms with E-state index in [9.17, 15) is 13.6 Å². The summed E-state index contributed by atoms with van der Waals surface area (Å²) in [5.41, 5.74) is 1.52. The fraction of sp³-hybridized carbons (Fsp3) is 0.238. The molecule has 0 unspecified atom stereocenters. The highest BCUT2D eigenvalue weighted by molar-refractivity contribution is 5.97. The molecule has 0 amide bonds. The van der Waals surface area contributed by atoms with E-state index in [1.165, 1.54) is 30.6 Å². The summed E-state index contributed by atoms with van der Waals surface area (Å²) >= 11 is 0. The van der Waals surface area contributed by atoms with Gasteiger partial charge in [0, 0.05) is 19.0 Å². The van der Waals surface area contributed by atoms with Crippen molar-refractivity contribution in [3.8, 4) is 0 Å². The van der Waals surface area contributed by atoms with Crippen LogP contribution >= 0.6 is 0 Å². The van der Waals surface area contributed by atoms with E-state index in [1.54, 1.807) is 23.9 Å². The van der Waals surface area contributed by atoms with Crippen LogP contribution < -0.4 is 10.5 Å². The van der Waals surface area contributed by atoms with Crippen molar-refractivity contribution in [2.24, 2.45) is 7.05 Å². The van der Waals surface area contributed by atoms with Gasteiger partial charge in [0.15, 0.2) is 0 Å². The van der Waals surface area contributed by atoms with Crippen molar-refractivity contribution in [2.45, 2.75) is 18.9 Å². The van der Waals surface area contributed by atoms with Crippen LogP contribution in [0.25, 0.3) is 10.8 Å². The zero-order chi connectivity index (χ0) is 21.0. The Balaban J connectivity index is 1.89. The molecule has 152 valence electrons. The Morgan fingerprint density at radius 3 is 2.57 bits per heavy atom. The first-order valence-electron chi connectivity index (χ1n) is 9.57. The van der Waals surface area contributed by atoms with Crippen LogP contribution in [0.3, 0.4) is 0 Å². The lowest BCUT2D eigenvalue weighted by Gasteiger charge is -2.42. The molecule has 0 saturated heterocycles. The van der Waals surface area contributed by atoms with E-state index in [-0.39, 0.29) is 17.2 Å². The van der Waals surface area contributed by atoms with E-state index >= 15 is 0 Å². The van der Waals surface area contributed by atoms with Crippen molar-refractivity contribution in [1.82, 2.24) is 25.0 Å². The van der Waals surface area contributed by atoms with Crippen LogP contribution in [-0.2, 0) is 7.05 Å². The Hall–Kier alpha value is -3.62. The van der Waals surface area contributed by atoms with Crippen molar-refractivity contribution < 1.29 is 8.78 Å². The lowest BCUT2D eigenvalue weighted by molar-refractivity contribution is 0.502. The van der Waals surface area contributed by atoms with Gasteiger partial charge in [-0.1, -0.05) is 12.1 Å². The number of aromatic nitrogens is 5. The summed E-state index contributed by atoms with van der Waals surface area (Å²) in [4.78, 5) is 18.9. The molecule has 1 aliphatic rings. The van der Waals surface area contributed by atoms with Crippen molar-refractivity contribution in [3.63, 3.8) is 0 Å². The summed E-state index contributed by atoms with van der Waals surface area (Å²) in [5, 5.41) is 11.9. The van der Waals surface area contributed by atoms with E-state index in [0.717, 1.165) is 5.56 Å². The van der Waals surface area contributed by atoms with Gasteiger partial charge in [0.1, 0.15) is 23.8 Å². The smallest absolute Gasteiger partial charge is 0.272 e. The number of hydrogen-bond acceptors (Lipinski definition) is 5. The number of hydrogen-bond donors (Lipinski definition) is 1. The Morgan fingerprint density at radius 2 is 1.90 bits per heavy atom. The number of likely N-dealkylation sites (N-methyl/N-ethyl adjacent to an activating group) is 1. The molecule has 0 bridgehead atoms.